The van der Waals surface area contributed by atoms with Gasteiger partial charge in [-0.1, -0.05) is 0 Å². The molecule has 0 aliphatic carbocycles. The summed E-state index contributed by atoms with van der Waals surface area (Å²) in [5, 5.41) is 0. The molecule has 1 aliphatic heterocycles. The summed E-state index contributed by atoms with van der Waals surface area (Å²) in [5.74, 6) is 0. The third kappa shape index (κ3) is 3.29. The van der Waals surface area contributed by atoms with E-state index in [1.165, 1.54) is 15.5 Å². The van der Waals surface area contributed by atoms with Crippen molar-refractivity contribution in [3.63, 3.8) is 0 Å². The summed E-state index contributed by atoms with van der Waals surface area (Å²) in [6.07, 6.45) is 0.713. The SMILES string of the molecule is CC(C)(C)OC(=O)N1CCc2cc([AsH2])ccc2C1. The van der Waals surface area contributed by atoms with Crippen LogP contribution in [0.5, 0.6) is 0 Å². The van der Waals surface area contributed by atoms with Crippen LogP contribution in [0.4, 0.5) is 4.79 Å². The van der Waals surface area contributed by atoms with E-state index in [0.717, 1.165) is 13.0 Å². The molecule has 0 aromatic heterocycles. The minimum atomic E-state index is -0.423. The molecule has 3 nitrogen and oxygen atoms in total. The molecule has 0 fully saturated rings. The Kier molecular flexibility index (Phi) is 3.72. The zero-order valence-corrected chi connectivity index (χ0v) is 13.6. The van der Waals surface area contributed by atoms with Gasteiger partial charge in [-0.2, -0.15) is 0 Å². The number of fused-ring (bicyclic) bond motifs is 1. The van der Waals surface area contributed by atoms with Gasteiger partial charge in [0.05, 0.1) is 0 Å². The molecule has 0 N–H and O–H groups in total. The first-order chi connectivity index (χ1) is 8.35. The minimum absolute atomic E-state index is 0.210. The standard InChI is InChI=1S/C14H20AsNO2/c1-14(2,3)18-13(17)16-7-6-10-8-12(15)5-4-11(10)9-16/h4-5,8H,6-7,9,15H2,1-3H3. The molecule has 1 aromatic carbocycles. The summed E-state index contributed by atoms with van der Waals surface area (Å²) < 4.78 is 6.75. The normalized spacial score (nSPS) is 15.2. The maximum absolute atomic E-state index is 12.0. The van der Waals surface area contributed by atoms with Gasteiger partial charge in [-0.25, -0.2) is 0 Å². The molecule has 0 saturated heterocycles. The van der Waals surface area contributed by atoms with Crippen LogP contribution in [0.2, 0.25) is 0 Å². The fourth-order valence-corrected chi connectivity index (χ4v) is 2.68. The van der Waals surface area contributed by atoms with Gasteiger partial charge in [-0.3, -0.25) is 0 Å². The summed E-state index contributed by atoms with van der Waals surface area (Å²) in [6.45, 7) is 7.10. The number of benzene rings is 1. The fraction of sp³-hybridized carbons (Fsp3) is 0.500. The van der Waals surface area contributed by atoms with E-state index in [1.807, 2.05) is 20.8 Å². The predicted octanol–water partition coefficient (Wildman–Crippen LogP) is 1.24. The Morgan fingerprint density at radius 1 is 1.33 bits per heavy atom. The van der Waals surface area contributed by atoms with Crippen LogP contribution in [-0.4, -0.2) is 40.0 Å². The molecule has 1 atom stereocenters. The number of hydrogen-bond acceptors (Lipinski definition) is 2. The third-order valence-corrected chi connectivity index (χ3v) is 3.65. The Morgan fingerprint density at radius 3 is 2.72 bits per heavy atom. The topological polar surface area (TPSA) is 29.5 Å². The number of rotatable bonds is 0. The van der Waals surface area contributed by atoms with Crippen LogP contribution in [0, 0.1) is 0 Å². The molecule has 0 spiro atoms. The average Bonchev–Trinajstić information content (AvgIpc) is 2.26. The Labute approximate surface area is 117 Å². The van der Waals surface area contributed by atoms with Crippen molar-refractivity contribution in [1.82, 2.24) is 4.90 Å². The molecule has 1 unspecified atom stereocenters. The number of nitrogens with zero attached hydrogens (tertiary/aromatic N) is 1. The van der Waals surface area contributed by atoms with Gasteiger partial charge in [0.25, 0.3) is 0 Å². The molecule has 1 aromatic rings. The van der Waals surface area contributed by atoms with E-state index in [4.69, 9.17) is 4.74 Å². The number of hydrogen-bond donors (Lipinski definition) is 0. The van der Waals surface area contributed by atoms with Crippen molar-refractivity contribution in [2.24, 2.45) is 0 Å². The first kappa shape index (κ1) is 13.5. The molecule has 0 bridgehead atoms. The average molecular weight is 309 g/mol. The van der Waals surface area contributed by atoms with Crippen LogP contribution in [0.15, 0.2) is 18.2 Å². The zero-order valence-electron chi connectivity index (χ0n) is 11.2. The molecule has 1 aliphatic rings. The molecule has 0 radical (unpaired) electrons. The van der Waals surface area contributed by atoms with Crippen LogP contribution < -0.4 is 4.35 Å². The summed E-state index contributed by atoms with van der Waals surface area (Å²) in [6, 6.07) is 6.49. The Balaban J connectivity index is 2.08. The van der Waals surface area contributed by atoms with E-state index in [9.17, 15) is 4.79 Å². The summed E-state index contributed by atoms with van der Waals surface area (Å²) in [7, 11) is 0. The molecule has 4 heteroatoms. The second kappa shape index (κ2) is 4.97. The maximum atomic E-state index is 12.0. The van der Waals surface area contributed by atoms with Gasteiger partial charge >= 0.3 is 117 Å². The van der Waals surface area contributed by atoms with Gasteiger partial charge < -0.3 is 0 Å². The van der Waals surface area contributed by atoms with Crippen molar-refractivity contribution in [2.75, 3.05) is 6.54 Å². The number of carbonyl (C=O) groups excluding carboxylic acids is 1. The van der Waals surface area contributed by atoms with Crippen molar-refractivity contribution in [3.05, 3.63) is 29.3 Å². The molecule has 18 heavy (non-hydrogen) atoms. The molecule has 98 valence electrons. The van der Waals surface area contributed by atoms with Gasteiger partial charge in [0.1, 0.15) is 0 Å². The molecular weight excluding hydrogens is 289 g/mol. The van der Waals surface area contributed by atoms with Crippen LogP contribution in [0.1, 0.15) is 31.9 Å². The van der Waals surface area contributed by atoms with Crippen molar-refractivity contribution in [1.29, 1.82) is 0 Å². The number of carbonyl (C=O) groups is 1. The van der Waals surface area contributed by atoms with Gasteiger partial charge in [-0.05, 0) is 0 Å². The van der Waals surface area contributed by atoms with E-state index in [0.29, 0.717) is 6.54 Å². The molecule has 0 saturated carbocycles. The molecule has 1 amide bonds. The first-order valence-corrected chi connectivity index (χ1v) is 7.41. The predicted molar refractivity (Wildman–Crippen MR) is 75.0 cm³/mol. The van der Waals surface area contributed by atoms with Crippen molar-refractivity contribution < 1.29 is 9.53 Å². The number of ether oxygens (including phenoxy) is 1. The Bertz CT molecular complexity index is 465. The van der Waals surface area contributed by atoms with Crippen LogP contribution in [0.25, 0.3) is 0 Å². The van der Waals surface area contributed by atoms with Crippen LogP contribution >= 0.6 is 0 Å². The van der Waals surface area contributed by atoms with Gasteiger partial charge in [0, 0.05) is 0 Å². The van der Waals surface area contributed by atoms with Crippen LogP contribution in [-0.2, 0) is 17.7 Å². The third-order valence-electron chi connectivity index (χ3n) is 2.89. The van der Waals surface area contributed by atoms with Crippen molar-refractivity contribution in [2.45, 2.75) is 39.3 Å². The monoisotopic (exact) mass is 309 g/mol. The van der Waals surface area contributed by atoms with Crippen molar-refractivity contribution >= 4 is 27.3 Å². The second-order valence-electron chi connectivity index (χ2n) is 5.68. The van der Waals surface area contributed by atoms with Gasteiger partial charge in [-0.15, -0.1) is 0 Å². The van der Waals surface area contributed by atoms with E-state index < -0.39 is 5.60 Å². The molecule has 1 heterocycles. The zero-order chi connectivity index (χ0) is 13.3. The van der Waals surface area contributed by atoms with E-state index in [-0.39, 0.29) is 6.09 Å². The quantitative estimate of drug-likeness (QED) is 0.675. The summed E-state index contributed by atoms with van der Waals surface area (Å²) >= 11 is 1.64. The van der Waals surface area contributed by atoms with Gasteiger partial charge in [0.15, 0.2) is 0 Å². The summed E-state index contributed by atoms with van der Waals surface area (Å²) in [4.78, 5) is 13.8. The van der Waals surface area contributed by atoms with E-state index >= 15 is 0 Å². The van der Waals surface area contributed by atoms with Crippen LogP contribution in [0.3, 0.4) is 0 Å². The Morgan fingerprint density at radius 2 is 2.06 bits per heavy atom. The second-order valence-corrected chi connectivity index (χ2v) is 7.08. The van der Waals surface area contributed by atoms with E-state index in [2.05, 4.69) is 18.2 Å². The summed E-state index contributed by atoms with van der Waals surface area (Å²) in [5.41, 5.74) is 2.19. The van der Waals surface area contributed by atoms with E-state index in [1.54, 1.807) is 21.8 Å². The fourth-order valence-electron chi connectivity index (χ4n) is 2.06. The van der Waals surface area contributed by atoms with Crippen molar-refractivity contribution in [3.8, 4) is 0 Å². The molecule has 2 rings (SSSR count). The first-order valence-electron chi connectivity index (χ1n) is 6.20. The molecular formula is C14H20AsNO2. The van der Waals surface area contributed by atoms with Gasteiger partial charge in [0.2, 0.25) is 0 Å². The number of amides is 1. The Hall–Kier alpha value is -0.952.